The molecule has 60 valence electrons. The number of hydrogen-bond acceptors (Lipinski definition) is 2. The van der Waals surface area contributed by atoms with Gasteiger partial charge < -0.3 is 10.4 Å². The van der Waals surface area contributed by atoms with Crippen LogP contribution in [-0.2, 0) is 4.79 Å². The van der Waals surface area contributed by atoms with Gasteiger partial charge in [-0.1, -0.05) is 0 Å². The fourth-order valence-corrected chi connectivity index (χ4v) is 0.255. The minimum Gasteiger partial charge on any atom is -0.387 e. The molecule has 0 rings (SSSR count). The molecule has 0 saturated carbocycles. The fourth-order valence-electron chi connectivity index (χ4n) is 0.255. The first-order valence-corrected chi connectivity index (χ1v) is 2.40. The van der Waals surface area contributed by atoms with E-state index < -0.39 is 25.2 Å². The molecule has 0 aliphatic heterocycles. The van der Waals surface area contributed by atoms with Crippen molar-refractivity contribution in [2.75, 3.05) is 13.2 Å². The van der Waals surface area contributed by atoms with E-state index in [1.807, 2.05) is 0 Å². The largest absolute Gasteiger partial charge is 0.405 e. The van der Waals surface area contributed by atoms with Crippen LogP contribution in [0.25, 0.3) is 0 Å². The Labute approximate surface area is 54.8 Å². The summed E-state index contributed by atoms with van der Waals surface area (Å²) in [6, 6.07) is 0. The topological polar surface area (TPSA) is 49.3 Å². The standard InChI is InChI=1S/C4H6F3NO2/c5-4(6,7)2-8-3(10)1-9/h9H,1-2H2,(H,8,10). The molecule has 10 heavy (non-hydrogen) atoms. The van der Waals surface area contributed by atoms with Crippen molar-refractivity contribution in [3.8, 4) is 0 Å². The Kier molecular flexibility index (Phi) is 3.14. The summed E-state index contributed by atoms with van der Waals surface area (Å²) in [5.41, 5.74) is 0. The third kappa shape index (κ3) is 5.36. The Bertz CT molecular complexity index is 122. The summed E-state index contributed by atoms with van der Waals surface area (Å²) in [4.78, 5) is 10.00. The van der Waals surface area contributed by atoms with Gasteiger partial charge in [0, 0.05) is 0 Å². The van der Waals surface area contributed by atoms with Crippen LogP contribution in [0.2, 0.25) is 0 Å². The molecule has 0 bridgehead atoms. The summed E-state index contributed by atoms with van der Waals surface area (Å²) in [5, 5.41) is 9.41. The molecule has 6 heteroatoms. The van der Waals surface area contributed by atoms with Crippen molar-refractivity contribution in [1.82, 2.24) is 5.32 Å². The molecule has 0 aromatic carbocycles. The number of aliphatic hydroxyl groups is 1. The normalized spacial score (nSPS) is 11.2. The molecular weight excluding hydrogens is 151 g/mol. The van der Waals surface area contributed by atoms with Crippen LogP contribution in [0.15, 0.2) is 0 Å². The minimum atomic E-state index is -4.41. The number of aliphatic hydroxyl groups excluding tert-OH is 1. The second-order valence-electron chi connectivity index (χ2n) is 1.55. The third-order valence-electron chi connectivity index (χ3n) is 0.630. The first kappa shape index (κ1) is 9.22. The maximum atomic E-state index is 11.3. The van der Waals surface area contributed by atoms with Crippen molar-refractivity contribution in [3.63, 3.8) is 0 Å². The summed E-state index contributed by atoms with van der Waals surface area (Å²) in [6.07, 6.45) is -4.41. The monoisotopic (exact) mass is 157 g/mol. The van der Waals surface area contributed by atoms with Gasteiger partial charge in [-0.2, -0.15) is 13.2 Å². The molecule has 0 spiro atoms. The zero-order valence-electron chi connectivity index (χ0n) is 4.90. The zero-order valence-corrected chi connectivity index (χ0v) is 4.90. The number of rotatable bonds is 2. The quantitative estimate of drug-likeness (QED) is 0.576. The van der Waals surface area contributed by atoms with Crippen molar-refractivity contribution in [2.24, 2.45) is 0 Å². The van der Waals surface area contributed by atoms with Crippen LogP contribution in [0.1, 0.15) is 0 Å². The van der Waals surface area contributed by atoms with E-state index >= 15 is 0 Å². The van der Waals surface area contributed by atoms with E-state index in [0.717, 1.165) is 0 Å². The van der Waals surface area contributed by atoms with E-state index in [4.69, 9.17) is 5.11 Å². The molecule has 0 atom stereocenters. The Hall–Kier alpha value is -0.780. The van der Waals surface area contributed by atoms with Gasteiger partial charge in [-0.05, 0) is 0 Å². The van der Waals surface area contributed by atoms with Crippen LogP contribution in [0.3, 0.4) is 0 Å². The van der Waals surface area contributed by atoms with E-state index in [1.54, 1.807) is 0 Å². The molecule has 0 heterocycles. The molecule has 1 amide bonds. The number of carbonyl (C=O) groups excluding carboxylic acids is 1. The van der Waals surface area contributed by atoms with E-state index in [0.29, 0.717) is 0 Å². The highest BCUT2D eigenvalue weighted by atomic mass is 19.4. The predicted octanol–water partition coefficient (Wildman–Crippen LogP) is -0.343. The Morgan fingerprint density at radius 1 is 1.50 bits per heavy atom. The second-order valence-corrected chi connectivity index (χ2v) is 1.55. The van der Waals surface area contributed by atoms with E-state index in [2.05, 4.69) is 0 Å². The number of halogens is 3. The lowest BCUT2D eigenvalue weighted by atomic mass is 10.5. The molecule has 2 N–H and O–H groups in total. The van der Waals surface area contributed by atoms with Crippen LogP contribution >= 0.6 is 0 Å². The van der Waals surface area contributed by atoms with Gasteiger partial charge in [-0.15, -0.1) is 0 Å². The highest BCUT2D eigenvalue weighted by molar-refractivity contribution is 5.76. The van der Waals surface area contributed by atoms with Crippen LogP contribution in [0.4, 0.5) is 13.2 Å². The molecule has 0 fully saturated rings. The zero-order chi connectivity index (χ0) is 8.20. The van der Waals surface area contributed by atoms with E-state index in [9.17, 15) is 18.0 Å². The van der Waals surface area contributed by atoms with Crippen molar-refractivity contribution in [3.05, 3.63) is 0 Å². The van der Waals surface area contributed by atoms with Crippen LogP contribution in [0.5, 0.6) is 0 Å². The molecule has 0 aromatic rings. The Morgan fingerprint density at radius 3 is 2.30 bits per heavy atom. The van der Waals surface area contributed by atoms with Gasteiger partial charge in [0.2, 0.25) is 5.91 Å². The summed E-state index contributed by atoms with van der Waals surface area (Å²) in [6.45, 7) is -2.32. The second kappa shape index (κ2) is 3.40. The highest BCUT2D eigenvalue weighted by Gasteiger charge is 2.27. The molecule has 0 aliphatic rings. The van der Waals surface area contributed by atoms with Gasteiger partial charge in [0.05, 0.1) is 0 Å². The number of nitrogens with one attached hydrogen (secondary N) is 1. The van der Waals surface area contributed by atoms with E-state index in [1.165, 1.54) is 5.32 Å². The SMILES string of the molecule is O=C(CO)NCC(F)(F)F. The predicted molar refractivity (Wildman–Crippen MR) is 26.2 cm³/mol. The fraction of sp³-hybridized carbons (Fsp3) is 0.750. The Balaban J connectivity index is 3.46. The molecule has 0 radical (unpaired) electrons. The molecule has 0 aliphatic carbocycles. The van der Waals surface area contributed by atoms with E-state index in [-0.39, 0.29) is 0 Å². The summed E-state index contributed by atoms with van der Waals surface area (Å²) in [5.74, 6) is -1.03. The van der Waals surface area contributed by atoms with Crippen LogP contribution < -0.4 is 5.32 Å². The number of hydrogen-bond donors (Lipinski definition) is 2. The van der Waals surface area contributed by atoms with Gasteiger partial charge in [0.15, 0.2) is 0 Å². The van der Waals surface area contributed by atoms with Gasteiger partial charge in [-0.3, -0.25) is 4.79 Å². The maximum absolute atomic E-state index is 11.3. The third-order valence-corrected chi connectivity index (χ3v) is 0.630. The molecule has 3 nitrogen and oxygen atoms in total. The van der Waals surface area contributed by atoms with Crippen LogP contribution in [0, 0.1) is 0 Å². The lowest BCUT2D eigenvalue weighted by Crippen LogP contribution is -2.35. The summed E-state index contributed by atoms with van der Waals surface area (Å²) < 4.78 is 33.8. The van der Waals surface area contributed by atoms with Crippen molar-refractivity contribution in [1.29, 1.82) is 0 Å². The van der Waals surface area contributed by atoms with Crippen molar-refractivity contribution in [2.45, 2.75) is 6.18 Å². The lowest BCUT2D eigenvalue weighted by molar-refractivity contribution is -0.139. The average molecular weight is 157 g/mol. The van der Waals surface area contributed by atoms with Crippen LogP contribution in [-0.4, -0.2) is 30.3 Å². The van der Waals surface area contributed by atoms with Gasteiger partial charge in [0.1, 0.15) is 13.2 Å². The maximum Gasteiger partial charge on any atom is 0.405 e. The number of amides is 1. The molecule has 0 unspecified atom stereocenters. The minimum absolute atomic E-state index is 0.921. The van der Waals surface area contributed by atoms with Gasteiger partial charge in [0.25, 0.3) is 0 Å². The van der Waals surface area contributed by atoms with Crippen molar-refractivity contribution < 1.29 is 23.1 Å². The first-order valence-electron chi connectivity index (χ1n) is 2.40. The molecular formula is C4H6F3NO2. The smallest absolute Gasteiger partial charge is 0.387 e. The summed E-state index contributed by atoms with van der Waals surface area (Å²) >= 11 is 0. The highest BCUT2D eigenvalue weighted by Crippen LogP contribution is 2.11. The average Bonchev–Trinajstić information content (AvgIpc) is 1.81. The van der Waals surface area contributed by atoms with Crippen molar-refractivity contribution >= 4 is 5.91 Å². The van der Waals surface area contributed by atoms with Gasteiger partial charge in [-0.25, -0.2) is 0 Å². The van der Waals surface area contributed by atoms with Gasteiger partial charge >= 0.3 is 6.18 Å². The summed E-state index contributed by atoms with van der Waals surface area (Å²) in [7, 11) is 0. The number of alkyl halides is 3. The number of carbonyl (C=O) groups is 1. The lowest BCUT2D eigenvalue weighted by Gasteiger charge is -2.05. The first-order chi connectivity index (χ1) is 4.45. The molecule has 0 saturated heterocycles. The Morgan fingerprint density at radius 2 is 2.00 bits per heavy atom. The molecule has 0 aromatic heterocycles.